The highest BCUT2D eigenvalue weighted by molar-refractivity contribution is 6.39. The lowest BCUT2D eigenvalue weighted by Crippen LogP contribution is -2.08. The number of aromatic nitrogens is 1. The van der Waals surface area contributed by atoms with Gasteiger partial charge in [-0.15, -0.1) is 0 Å². The third-order valence-electron chi connectivity index (χ3n) is 4.12. The van der Waals surface area contributed by atoms with Crippen LogP contribution in [0.15, 0.2) is 54.7 Å². The number of hydrogen-bond acceptors (Lipinski definition) is 4. The molecule has 2 aromatic carbocycles. The molecule has 0 bridgehead atoms. The van der Waals surface area contributed by atoms with Crippen LogP contribution in [0.1, 0.15) is 18.1 Å². The summed E-state index contributed by atoms with van der Waals surface area (Å²) in [5.41, 5.74) is 2.63. The van der Waals surface area contributed by atoms with E-state index in [0.29, 0.717) is 26.9 Å². The van der Waals surface area contributed by atoms with E-state index in [1.807, 2.05) is 30.3 Å². The lowest BCUT2D eigenvalue weighted by molar-refractivity contribution is -0.133. The Bertz CT molecular complexity index is 1030. The third-order valence-corrected chi connectivity index (χ3v) is 4.72. The molecule has 3 aromatic rings. The van der Waals surface area contributed by atoms with Crippen LogP contribution in [0.5, 0.6) is 5.75 Å². The van der Waals surface area contributed by atoms with E-state index >= 15 is 0 Å². The number of fused-ring (bicyclic) bond motifs is 1. The zero-order chi connectivity index (χ0) is 19.4. The van der Waals surface area contributed by atoms with Gasteiger partial charge in [0.15, 0.2) is 5.75 Å². The molecule has 0 saturated heterocycles. The topological polar surface area (TPSA) is 48.4 Å². The number of halogens is 2. The summed E-state index contributed by atoms with van der Waals surface area (Å²) in [4.78, 5) is 16.4. The summed E-state index contributed by atoms with van der Waals surface area (Å²) in [5.74, 6) is 0.0492. The molecule has 138 valence electrons. The quantitative estimate of drug-likeness (QED) is 0.406. The number of nitrogens with zero attached hydrogens (tertiary/aromatic N) is 1. The minimum atomic E-state index is -0.401. The van der Waals surface area contributed by atoms with E-state index in [-0.39, 0.29) is 6.61 Å². The molecule has 1 aromatic heterocycles. The molecule has 0 unspecified atom stereocenters. The first-order valence-corrected chi connectivity index (χ1v) is 9.00. The van der Waals surface area contributed by atoms with E-state index < -0.39 is 5.97 Å². The largest absolute Gasteiger partial charge is 0.485 e. The van der Waals surface area contributed by atoms with E-state index in [4.69, 9.17) is 32.7 Å². The minimum absolute atomic E-state index is 0.206. The number of esters is 1. The standard InChI is InChI=1S/C21H17Cl2NO3/c1-3-14(21(25)26-2)15-8-5-4-7-13(15)12-27-20-18(23)11-17(22)16-9-6-10-24-19(16)20/h3-11H,12H2,1-2H3. The van der Waals surface area contributed by atoms with E-state index in [9.17, 15) is 4.79 Å². The first-order chi connectivity index (χ1) is 13.1. The van der Waals surface area contributed by atoms with E-state index in [2.05, 4.69) is 4.98 Å². The Morgan fingerprint density at radius 3 is 2.67 bits per heavy atom. The second-order valence-corrected chi connectivity index (χ2v) is 6.52. The van der Waals surface area contributed by atoms with Gasteiger partial charge in [0.05, 0.1) is 22.7 Å². The van der Waals surface area contributed by atoms with Crippen LogP contribution < -0.4 is 4.74 Å². The molecule has 0 radical (unpaired) electrons. The van der Waals surface area contributed by atoms with Gasteiger partial charge in [-0.05, 0) is 36.2 Å². The van der Waals surface area contributed by atoms with Gasteiger partial charge >= 0.3 is 5.97 Å². The molecule has 0 N–H and O–H groups in total. The van der Waals surface area contributed by atoms with Crippen LogP contribution in [0.4, 0.5) is 0 Å². The fourth-order valence-electron chi connectivity index (χ4n) is 2.84. The highest BCUT2D eigenvalue weighted by Gasteiger charge is 2.17. The number of rotatable bonds is 5. The summed E-state index contributed by atoms with van der Waals surface area (Å²) in [5, 5.41) is 1.65. The highest BCUT2D eigenvalue weighted by Crippen LogP contribution is 2.37. The molecule has 0 aliphatic carbocycles. The first-order valence-electron chi connectivity index (χ1n) is 8.25. The van der Waals surface area contributed by atoms with Gasteiger partial charge in [-0.1, -0.05) is 53.5 Å². The predicted octanol–water partition coefficient (Wildman–Crippen LogP) is 5.70. The Balaban J connectivity index is 1.98. The van der Waals surface area contributed by atoms with Crippen LogP contribution in [0, 0.1) is 0 Å². The third kappa shape index (κ3) is 3.92. The zero-order valence-electron chi connectivity index (χ0n) is 14.8. The fraction of sp³-hybridized carbons (Fsp3) is 0.143. The van der Waals surface area contributed by atoms with Crippen molar-refractivity contribution >= 4 is 45.6 Å². The molecular formula is C21H17Cl2NO3. The number of benzene rings is 2. The van der Waals surface area contributed by atoms with Gasteiger partial charge in [-0.2, -0.15) is 0 Å². The first kappa shape index (κ1) is 19.2. The van der Waals surface area contributed by atoms with E-state index in [1.54, 1.807) is 31.3 Å². The van der Waals surface area contributed by atoms with Crippen LogP contribution in [0.3, 0.4) is 0 Å². The van der Waals surface area contributed by atoms with Gasteiger partial charge < -0.3 is 9.47 Å². The van der Waals surface area contributed by atoms with Crippen LogP contribution in [0.2, 0.25) is 10.0 Å². The molecular weight excluding hydrogens is 385 g/mol. The van der Waals surface area contributed by atoms with E-state index in [1.165, 1.54) is 7.11 Å². The van der Waals surface area contributed by atoms with Crippen LogP contribution in [-0.4, -0.2) is 18.1 Å². The van der Waals surface area contributed by atoms with Crippen molar-refractivity contribution in [1.82, 2.24) is 4.98 Å². The number of ether oxygens (including phenoxy) is 2. The Hall–Kier alpha value is -2.56. The second kappa shape index (κ2) is 8.42. The summed E-state index contributed by atoms with van der Waals surface area (Å²) < 4.78 is 10.9. The lowest BCUT2D eigenvalue weighted by atomic mass is 10.00. The maximum Gasteiger partial charge on any atom is 0.338 e. The SMILES string of the molecule is CC=C(C(=O)OC)c1ccccc1COc1c(Cl)cc(Cl)c2cccnc12. The number of carbonyl (C=O) groups excluding carboxylic acids is 1. The number of hydrogen-bond donors (Lipinski definition) is 0. The molecule has 4 nitrogen and oxygen atoms in total. The minimum Gasteiger partial charge on any atom is -0.485 e. The summed E-state index contributed by atoms with van der Waals surface area (Å²) >= 11 is 12.6. The molecule has 0 aliphatic rings. The number of pyridine rings is 1. The molecule has 0 atom stereocenters. The van der Waals surface area contributed by atoms with Crippen LogP contribution >= 0.6 is 23.2 Å². The molecule has 0 aliphatic heterocycles. The Morgan fingerprint density at radius 2 is 1.93 bits per heavy atom. The maximum absolute atomic E-state index is 12.1. The van der Waals surface area contributed by atoms with E-state index in [0.717, 1.165) is 16.5 Å². The smallest absolute Gasteiger partial charge is 0.338 e. The van der Waals surface area contributed by atoms with Crippen molar-refractivity contribution < 1.29 is 14.3 Å². The van der Waals surface area contributed by atoms with Gasteiger partial charge in [0.25, 0.3) is 0 Å². The highest BCUT2D eigenvalue weighted by atomic mass is 35.5. The van der Waals surface area contributed by atoms with Crippen molar-refractivity contribution in [1.29, 1.82) is 0 Å². The zero-order valence-corrected chi connectivity index (χ0v) is 16.3. The van der Waals surface area contributed by atoms with Crippen molar-refractivity contribution in [3.05, 3.63) is 75.9 Å². The van der Waals surface area contributed by atoms with Gasteiger partial charge in [-0.3, -0.25) is 4.98 Å². The maximum atomic E-state index is 12.1. The van der Waals surface area contributed by atoms with Gasteiger partial charge in [0.1, 0.15) is 12.1 Å². The van der Waals surface area contributed by atoms with Gasteiger partial charge in [0.2, 0.25) is 0 Å². The molecule has 0 saturated carbocycles. The monoisotopic (exact) mass is 401 g/mol. The summed E-state index contributed by atoms with van der Waals surface area (Å²) in [6.45, 7) is 1.99. The average Bonchev–Trinajstić information content (AvgIpc) is 2.69. The molecule has 0 spiro atoms. The molecule has 1 heterocycles. The molecule has 3 rings (SSSR count). The van der Waals surface area contributed by atoms with Crippen molar-refractivity contribution in [2.24, 2.45) is 0 Å². The fourth-order valence-corrected chi connectivity index (χ4v) is 3.41. The lowest BCUT2D eigenvalue weighted by Gasteiger charge is -2.15. The summed E-state index contributed by atoms with van der Waals surface area (Å²) in [7, 11) is 1.36. The van der Waals surface area contributed by atoms with Crippen molar-refractivity contribution in [2.75, 3.05) is 7.11 Å². The molecule has 27 heavy (non-hydrogen) atoms. The van der Waals surface area contributed by atoms with Crippen molar-refractivity contribution in [3.63, 3.8) is 0 Å². The summed E-state index contributed by atoms with van der Waals surface area (Å²) in [6, 6.07) is 12.8. The Kier molecular flexibility index (Phi) is 5.99. The molecule has 0 fully saturated rings. The Labute approximate surface area is 167 Å². The number of carbonyl (C=O) groups is 1. The number of allylic oxidation sites excluding steroid dienone is 1. The van der Waals surface area contributed by atoms with Gasteiger partial charge in [-0.25, -0.2) is 4.79 Å². The van der Waals surface area contributed by atoms with Crippen molar-refractivity contribution in [2.45, 2.75) is 13.5 Å². The summed E-state index contributed by atoms with van der Waals surface area (Å²) in [6.07, 6.45) is 3.38. The predicted molar refractivity (Wildman–Crippen MR) is 108 cm³/mol. The Morgan fingerprint density at radius 1 is 1.15 bits per heavy atom. The molecule has 6 heteroatoms. The molecule has 0 amide bonds. The van der Waals surface area contributed by atoms with Crippen LogP contribution in [0.25, 0.3) is 16.5 Å². The second-order valence-electron chi connectivity index (χ2n) is 5.71. The van der Waals surface area contributed by atoms with Gasteiger partial charge in [0, 0.05) is 11.6 Å². The van der Waals surface area contributed by atoms with Crippen molar-refractivity contribution in [3.8, 4) is 5.75 Å². The average molecular weight is 402 g/mol. The number of methoxy groups -OCH3 is 1. The normalized spacial score (nSPS) is 11.5. The van der Waals surface area contributed by atoms with Crippen LogP contribution in [-0.2, 0) is 16.1 Å².